The lowest BCUT2D eigenvalue weighted by molar-refractivity contribution is -0.119. The molecule has 9 nitrogen and oxygen atoms in total. The molecule has 31 heavy (non-hydrogen) atoms. The van der Waals surface area contributed by atoms with Gasteiger partial charge in [-0.2, -0.15) is 0 Å². The van der Waals surface area contributed by atoms with Crippen LogP contribution in [0.2, 0.25) is 5.02 Å². The number of sulfonamides is 1. The van der Waals surface area contributed by atoms with Gasteiger partial charge in [0.15, 0.2) is 18.1 Å². The van der Waals surface area contributed by atoms with E-state index in [1.165, 1.54) is 6.07 Å². The summed E-state index contributed by atoms with van der Waals surface area (Å²) >= 11 is 5.93. The van der Waals surface area contributed by atoms with Gasteiger partial charge in [0.1, 0.15) is 0 Å². The van der Waals surface area contributed by atoms with Crippen molar-refractivity contribution in [2.24, 2.45) is 5.14 Å². The molecule has 1 fully saturated rings. The lowest BCUT2D eigenvalue weighted by Gasteiger charge is -2.21. The number of carbonyl (C=O) groups excluding carboxylic acids is 2. The number of hydrogen-bond acceptors (Lipinski definition) is 7. The van der Waals surface area contributed by atoms with Crippen molar-refractivity contribution in [2.45, 2.75) is 36.4 Å². The Kier molecular flexibility index (Phi) is 5.54. The number of esters is 1. The highest BCUT2D eigenvalue weighted by Crippen LogP contribution is 2.47. The monoisotopic (exact) mass is 466 g/mol. The minimum atomic E-state index is -4.03. The second kappa shape index (κ2) is 8.03. The molecule has 1 aliphatic carbocycles. The van der Waals surface area contributed by atoms with Gasteiger partial charge in [-0.25, -0.2) is 18.4 Å². The molecular weight excluding hydrogens is 448 g/mol. The third-order valence-corrected chi connectivity index (χ3v) is 6.25. The van der Waals surface area contributed by atoms with Crippen molar-refractivity contribution in [1.82, 2.24) is 0 Å². The van der Waals surface area contributed by atoms with Crippen molar-refractivity contribution in [2.75, 3.05) is 11.9 Å². The smallest absolute Gasteiger partial charge is 0.340 e. The van der Waals surface area contributed by atoms with Crippen LogP contribution in [0.4, 0.5) is 5.69 Å². The number of fused-ring (bicyclic) bond motifs is 1. The van der Waals surface area contributed by atoms with Crippen molar-refractivity contribution < 1.29 is 32.2 Å². The Balaban J connectivity index is 1.37. The molecule has 0 bridgehead atoms. The van der Waals surface area contributed by atoms with E-state index in [0.29, 0.717) is 17.2 Å². The highest BCUT2D eigenvalue weighted by molar-refractivity contribution is 7.89. The summed E-state index contributed by atoms with van der Waals surface area (Å²) in [6.45, 7) is -0.604. The van der Waals surface area contributed by atoms with Gasteiger partial charge in [-0.1, -0.05) is 11.6 Å². The SMILES string of the molecule is NS(=O)(=O)c1ccc(Cl)c(C(=O)OCC(=O)Nc2ccc3c(c2)OC2(CCCC2)O3)c1. The van der Waals surface area contributed by atoms with Crippen LogP contribution in [-0.2, 0) is 19.6 Å². The molecule has 0 saturated heterocycles. The maximum atomic E-state index is 12.2. The molecule has 1 heterocycles. The minimum absolute atomic E-state index is 0.0329. The van der Waals surface area contributed by atoms with Crippen LogP contribution in [0.3, 0.4) is 0 Å². The number of rotatable bonds is 5. The zero-order valence-electron chi connectivity index (χ0n) is 16.2. The van der Waals surface area contributed by atoms with E-state index in [2.05, 4.69) is 5.32 Å². The van der Waals surface area contributed by atoms with Crippen molar-refractivity contribution >= 4 is 39.2 Å². The molecule has 2 aliphatic rings. The van der Waals surface area contributed by atoms with Crippen molar-refractivity contribution in [3.63, 3.8) is 0 Å². The Morgan fingerprint density at radius 2 is 1.81 bits per heavy atom. The predicted molar refractivity (Wildman–Crippen MR) is 111 cm³/mol. The molecule has 0 atom stereocenters. The van der Waals surface area contributed by atoms with Gasteiger partial charge < -0.3 is 19.5 Å². The van der Waals surface area contributed by atoms with Crippen molar-refractivity contribution in [3.05, 3.63) is 47.0 Å². The van der Waals surface area contributed by atoms with E-state index in [9.17, 15) is 18.0 Å². The fourth-order valence-corrected chi connectivity index (χ4v) is 4.27. The van der Waals surface area contributed by atoms with E-state index in [0.717, 1.165) is 37.8 Å². The summed E-state index contributed by atoms with van der Waals surface area (Å²) < 4.78 is 39.7. The van der Waals surface area contributed by atoms with Gasteiger partial charge in [0.25, 0.3) is 11.7 Å². The van der Waals surface area contributed by atoms with Gasteiger partial charge in [-0.3, -0.25) is 4.79 Å². The molecule has 1 spiro atoms. The third-order valence-electron chi connectivity index (χ3n) is 5.01. The van der Waals surface area contributed by atoms with Gasteiger partial charge >= 0.3 is 5.97 Å². The first-order valence-electron chi connectivity index (χ1n) is 9.47. The molecule has 164 valence electrons. The molecule has 11 heteroatoms. The van der Waals surface area contributed by atoms with E-state index in [-0.39, 0.29) is 15.5 Å². The van der Waals surface area contributed by atoms with Crippen LogP contribution in [0.5, 0.6) is 11.5 Å². The third kappa shape index (κ3) is 4.60. The number of nitrogens with two attached hydrogens (primary N) is 1. The first-order valence-corrected chi connectivity index (χ1v) is 11.4. The van der Waals surface area contributed by atoms with Crippen molar-refractivity contribution in [1.29, 1.82) is 0 Å². The molecule has 3 N–H and O–H groups in total. The van der Waals surface area contributed by atoms with Gasteiger partial charge in [0.05, 0.1) is 15.5 Å². The molecule has 4 rings (SSSR count). The van der Waals surface area contributed by atoms with Crippen LogP contribution in [0.25, 0.3) is 0 Å². The molecule has 1 aliphatic heterocycles. The Hall–Kier alpha value is -2.82. The minimum Gasteiger partial charge on any atom is -0.452 e. The fourth-order valence-electron chi connectivity index (χ4n) is 3.53. The second-order valence-electron chi connectivity index (χ2n) is 7.29. The Labute approximate surface area is 183 Å². The quantitative estimate of drug-likeness (QED) is 0.647. The first kappa shape index (κ1) is 21.4. The standard InChI is InChI=1S/C20H19ClN2O7S/c21-15-5-4-13(31(22,26)27)10-14(15)19(25)28-11-18(24)23-12-3-6-16-17(9-12)30-20(29-16)7-1-2-8-20/h3-6,9-10H,1-2,7-8,11H2,(H,23,24)(H2,22,26,27). The number of carbonyl (C=O) groups is 2. The largest absolute Gasteiger partial charge is 0.452 e. The van der Waals surface area contributed by atoms with E-state index in [4.69, 9.17) is 31.0 Å². The molecule has 0 aromatic heterocycles. The number of hydrogen-bond donors (Lipinski definition) is 2. The lowest BCUT2D eigenvalue weighted by Crippen LogP contribution is -2.34. The Morgan fingerprint density at radius 3 is 2.52 bits per heavy atom. The van der Waals surface area contributed by atoms with E-state index in [1.807, 2.05) is 0 Å². The summed E-state index contributed by atoms with van der Waals surface area (Å²) in [6.07, 6.45) is 3.70. The van der Waals surface area contributed by atoms with Crippen LogP contribution in [-0.4, -0.2) is 32.7 Å². The zero-order chi connectivity index (χ0) is 22.2. The number of amides is 1. The van der Waals surface area contributed by atoms with Crippen LogP contribution in [0.1, 0.15) is 36.0 Å². The number of ether oxygens (including phenoxy) is 3. The lowest BCUT2D eigenvalue weighted by atomic mass is 10.2. The van der Waals surface area contributed by atoms with Gasteiger partial charge in [-0.15, -0.1) is 0 Å². The second-order valence-corrected chi connectivity index (χ2v) is 9.26. The van der Waals surface area contributed by atoms with E-state index >= 15 is 0 Å². The van der Waals surface area contributed by atoms with E-state index < -0.39 is 34.3 Å². The number of primary sulfonamides is 1. The summed E-state index contributed by atoms with van der Waals surface area (Å²) in [5, 5.41) is 7.63. The summed E-state index contributed by atoms with van der Waals surface area (Å²) in [5.74, 6) is -0.995. The molecule has 0 unspecified atom stereocenters. The van der Waals surface area contributed by atoms with E-state index in [1.54, 1.807) is 18.2 Å². The predicted octanol–water partition coefficient (Wildman–Crippen LogP) is 2.82. The maximum absolute atomic E-state index is 12.2. The number of benzene rings is 2. The fraction of sp³-hybridized carbons (Fsp3) is 0.300. The first-order chi connectivity index (χ1) is 14.7. The molecular formula is C20H19ClN2O7S. The Morgan fingerprint density at radius 1 is 1.10 bits per heavy atom. The zero-order valence-corrected chi connectivity index (χ0v) is 17.8. The maximum Gasteiger partial charge on any atom is 0.340 e. The summed E-state index contributed by atoms with van der Waals surface area (Å²) in [4.78, 5) is 24.1. The van der Waals surface area contributed by atoms with Crippen LogP contribution in [0, 0.1) is 0 Å². The average Bonchev–Trinajstić information content (AvgIpc) is 3.31. The topological polar surface area (TPSA) is 134 Å². The van der Waals surface area contributed by atoms with Gasteiger partial charge in [-0.05, 0) is 43.2 Å². The molecule has 1 amide bonds. The summed E-state index contributed by atoms with van der Waals surface area (Å²) in [5.41, 5.74) is 0.235. The number of nitrogens with one attached hydrogen (secondary N) is 1. The number of anilines is 1. The van der Waals surface area contributed by atoms with Crippen molar-refractivity contribution in [3.8, 4) is 11.5 Å². The number of halogens is 1. The van der Waals surface area contributed by atoms with Crippen LogP contribution in [0.15, 0.2) is 41.3 Å². The Bertz CT molecular complexity index is 1160. The molecule has 0 radical (unpaired) electrons. The van der Waals surface area contributed by atoms with Gasteiger partial charge in [0, 0.05) is 24.6 Å². The normalized spacial score (nSPS) is 16.3. The highest BCUT2D eigenvalue weighted by atomic mass is 35.5. The van der Waals surface area contributed by atoms with Gasteiger partial charge in [0.2, 0.25) is 10.0 Å². The molecule has 1 saturated carbocycles. The molecule has 2 aromatic carbocycles. The molecule has 2 aromatic rings. The summed E-state index contributed by atoms with van der Waals surface area (Å²) in [6, 6.07) is 8.38. The average molecular weight is 467 g/mol. The van der Waals surface area contributed by atoms with Crippen LogP contribution < -0.4 is 19.9 Å². The highest BCUT2D eigenvalue weighted by Gasteiger charge is 2.44. The summed E-state index contributed by atoms with van der Waals surface area (Å²) in [7, 11) is -4.03. The van der Waals surface area contributed by atoms with Crippen LogP contribution >= 0.6 is 11.6 Å².